The zero-order valence-electron chi connectivity index (χ0n) is 7.71. The molecule has 1 aromatic carbocycles. The number of rotatable bonds is 3. The number of hydrogen-bond donors (Lipinski definition) is 1. The molecule has 0 aliphatic rings. The minimum Gasteiger partial charge on any atom is -0.326 e. The van der Waals surface area contributed by atoms with Gasteiger partial charge in [0.25, 0.3) is 0 Å². The second-order valence-electron chi connectivity index (χ2n) is 2.82. The first-order chi connectivity index (χ1) is 7.32. The van der Waals surface area contributed by atoms with Crippen LogP contribution in [0.25, 0.3) is 0 Å². The van der Waals surface area contributed by atoms with Crippen molar-refractivity contribution in [3.63, 3.8) is 0 Å². The highest BCUT2D eigenvalue weighted by Gasteiger charge is 2.34. The Morgan fingerprint density at radius 3 is 2.50 bits per heavy atom. The van der Waals surface area contributed by atoms with Crippen LogP contribution in [0.4, 0.5) is 17.6 Å². The molecule has 1 aromatic rings. The predicted octanol–water partition coefficient (Wildman–Crippen LogP) is 2.74. The number of alkyl halides is 3. The fourth-order valence-corrected chi connectivity index (χ4v) is 1.37. The van der Waals surface area contributed by atoms with E-state index in [1.165, 1.54) is 0 Å². The van der Waals surface area contributed by atoms with Crippen LogP contribution in [0.2, 0.25) is 0 Å². The highest BCUT2D eigenvalue weighted by molar-refractivity contribution is 7.32. The van der Waals surface area contributed by atoms with E-state index >= 15 is 0 Å². The van der Waals surface area contributed by atoms with Crippen molar-refractivity contribution >= 4 is 8.25 Å². The third-order valence-corrected chi connectivity index (χ3v) is 2.16. The van der Waals surface area contributed by atoms with Gasteiger partial charge < -0.3 is 9.42 Å². The summed E-state index contributed by atoms with van der Waals surface area (Å²) in [5.74, 6) is -1.13. The highest BCUT2D eigenvalue weighted by atomic mass is 31.1. The second kappa shape index (κ2) is 4.95. The van der Waals surface area contributed by atoms with Gasteiger partial charge in [0, 0.05) is 5.56 Å². The first kappa shape index (κ1) is 13.2. The lowest BCUT2D eigenvalue weighted by Gasteiger charge is -2.12. The van der Waals surface area contributed by atoms with E-state index in [0.29, 0.717) is 6.07 Å². The van der Waals surface area contributed by atoms with Gasteiger partial charge in [-0.05, 0) is 12.1 Å². The molecule has 0 aliphatic carbocycles. The summed E-state index contributed by atoms with van der Waals surface area (Å²) < 4.78 is 64.6. The molecule has 90 valence electrons. The summed E-state index contributed by atoms with van der Waals surface area (Å²) in [5, 5.41) is 0. The van der Waals surface area contributed by atoms with Gasteiger partial charge in [0.15, 0.2) is 0 Å². The van der Waals surface area contributed by atoms with Crippen molar-refractivity contribution in [1.82, 2.24) is 0 Å². The van der Waals surface area contributed by atoms with Crippen LogP contribution in [0.5, 0.6) is 0 Å². The van der Waals surface area contributed by atoms with Crippen LogP contribution in [0.1, 0.15) is 11.1 Å². The van der Waals surface area contributed by atoms with Gasteiger partial charge in [0.2, 0.25) is 0 Å². The maximum atomic E-state index is 13.1. The summed E-state index contributed by atoms with van der Waals surface area (Å²) in [4.78, 5) is 8.32. The standard InChI is InChI=1S/C8H7F4O3P/c9-7-3-1-2-6(8(10,11)12)5(7)4-15-16(13)14/h1-3,16H,4H2,(H,13,14). The summed E-state index contributed by atoms with van der Waals surface area (Å²) in [6.07, 6.45) is -4.73. The molecule has 0 amide bonds. The molecule has 0 fully saturated rings. The molecule has 0 heterocycles. The fraction of sp³-hybridized carbons (Fsp3) is 0.250. The fourth-order valence-electron chi connectivity index (χ4n) is 1.10. The Kier molecular flexibility index (Phi) is 4.07. The quantitative estimate of drug-likeness (QED) is 0.669. The van der Waals surface area contributed by atoms with Gasteiger partial charge in [-0.2, -0.15) is 13.2 Å². The molecule has 16 heavy (non-hydrogen) atoms. The molecule has 0 saturated carbocycles. The Balaban J connectivity index is 3.09. The lowest BCUT2D eigenvalue weighted by molar-refractivity contribution is -0.138. The molecular formula is C8H7F4O3P. The molecule has 1 rings (SSSR count). The first-order valence-electron chi connectivity index (χ1n) is 4.02. The van der Waals surface area contributed by atoms with Crippen molar-refractivity contribution < 1.29 is 31.5 Å². The van der Waals surface area contributed by atoms with Gasteiger partial charge in [-0.15, -0.1) is 0 Å². The minimum absolute atomic E-state index is 0.677. The van der Waals surface area contributed by atoms with Crippen molar-refractivity contribution in [2.24, 2.45) is 0 Å². The summed E-state index contributed by atoms with van der Waals surface area (Å²) in [6, 6.07) is 2.41. The molecule has 1 unspecified atom stereocenters. The van der Waals surface area contributed by atoms with E-state index in [9.17, 15) is 22.1 Å². The molecule has 0 aliphatic heterocycles. The molecule has 1 N–H and O–H groups in total. The Morgan fingerprint density at radius 1 is 1.38 bits per heavy atom. The van der Waals surface area contributed by atoms with Crippen LogP contribution < -0.4 is 0 Å². The van der Waals surface area contributed by atoms with Crippen LogP contribution in [0.3, 0.4) is 0 Å². The van der Waals surface area contributed by atoms with Crippen molar-refractivity contribution in [2.75, 3.05) is 0 Å². The highest BCUT2D eigenvalue weighted by Crippen LogP contribution is 2.34. The molecule has 0 saturated heterocycles. The molecule has 3 nitrogen and oxygen atoms in total. The van der Waals surface area contributed by atoms with Gasteiger partial charge in [0.1, 0.15) is 5.82 Å². The summed E-state index contributed by atoms with van der Waals surface area (Å²) in [5.41, 5.74) is -1.99. The molecular weight excluding hydrogens is 251 g/mol. The molecule has 0 spiro atoms. The Morgan fingerprint density at radius 2 is 2.00 bits per heavy atom. The Hall–Kier alpha value is -0.910. The molecule has 0 bridgehead atoms. The lowest BCUT2D eigenvalue weighted by Crippen LogP contribution is -2.11. The van der Waals surface area contributed by atoms with Gasteiger partial charge >= 0.3 is 14.4 Å². The van der Waals surface area contributed by atoms with E-state index in [4.69, 9.17) is 4.89 Å². The zero-order valence-corrected chi connectivity index (χ0v) is 8.71. The van der Waals surface area contributed by atoms with Crippen LogP contribution >= 0.6 is 8.25 Å². The van der Waals surface area contributed by atoms with Gasteiger partial charge in [-0.25, -0.2) is 4.39 Å². The largest absolute Gasteiger partial charge is 0.416 e. The van der Waals surface area contributed by atoms with Gasteiger partial charge in [-0.3, -0.25) is 4.57 Å². The first-order valence-corrected chi connectivity index (χ1v) is 5.29. The van der Waals surface area contributed by atoms with E-state index in [0.717, 1.165) is 12.1 Å². The van der Waals surface area contributed by atoms with Crippen molar-refractivity contribution in [2.45, 2.75) is 12.8 Å². The van der Waals surface area contributed by atoms with Crippen LogP contribution in [0.15, 0.2) is 18.2 Å². The van der Waals surface area contributed by atoms with Crippen LogP contribution in [-0.2, 0) is 21.9 Å². The number of halogens is 4. The third-order valence-electron chi connectivity index (χ3n) is 1.76. The van der Waals surface area contributed by atoms with Crippen LogP contribution in [-0.4, -0.2) is 4.89 Å². The van der Waals surface area contributed by atoms with E-state index in [1.807, 2.05) is 0 Å². The maximum absolute atomic E-state index is 13.1. The van der Waals surface area contributed by atoms with Crippen molar-refractivity contribution in [1.29, 1.82) is 0 Å². The molecule has 0 aromatic heterocycles. The molecule has 0 radical (unpaired) electrons. The topological polar surface area (TPSA) is 46.5 Å². The van der Waals surface area contributed by atoms with E-state index in [2.05, 4.69) is 4.52 Å². The van der Waals surface area contributed by atoms with Crippen LogP contribution in [0, 0.1) is 5.82 Å². The Labute approximate surface area is 88.6 Å². The summed E-state index contributed by atoms with van der Waals surface area (Å²) >= 11 is 0. The van der Waals surface area contributed by atoms with Gasteiger partial charge in [0.05, 0.1) is 12.2 Å². The van der Waals surface area contributed by atoms with E-state index in [1.54, 1.807) is 0 Å². The molecule has 8 heteroatoms. The second-order valence-corrected chi connectivity index (χ2v) is 3.64. The number of benzene rings is 1. The maximum Gasteiger partial charge on any atom is 0.416 e. The average Bonchev–Trinajstić information content (AvgIpc) is 2.13. The van der Waals surface area contributed by atoms with E-state index < -0.39 is 38.0 Å². The van der Waals surface area contributed by atoms with Gasteiger partial charge in [-0.1, -0.05) is 6.07 Å². The third kappa shape index (κ3) is 3.30. The smallest absolute Gasteiger partial charge is 0.326 e. The zero-order chi connectivity index (χ0) is 12.3. The minimum atomic E-state index is -4.73. The number of hydrogen-bond acceptors (Lipinski definition) is 2. The SMILES string of the molecule is O=[PH](O)OCc1c(F)cccc1C(F)(F)F. The molecule has 1 atom stereocenters. The predicted molar refractivity (Wildman–Crippen MR) is 47.4 cm³/mol. The van der Waals surface area contributed by atoms with Crippen molar-refractivity contribution in [3.05, 3.63) is 35.1 Å². The lowest BCUT2D eigenvalue weighted by atomic mass is 10.1. The monoisotopic (exact) mass is 258 g/mol. The summed E-state index contributed by atoms with van der Waals surface area (Å²) in [7, 11) is -3.39. The summed E-state index contributed by atoms with van der Waals surface area (Å²) in [6.45, 7) is -0.893. The Bertz CT molecular complexity index is 405. The van der Waals surface area contributed by atoms with E-state index in [-0.39, 0.29) is 0 Å². The average molecular weight is 258 g/mol. The van der Waals surface area contributed by atoms with Crippen molar-refractivity contribution in [3.8, 4) is 0 Å². The normalized spacial score (nSPS) is 13.8.